The molecule has 48 valence electrons. The second-order valence-corrected chi connectivity index (χ2v) is 2.62. The first-order valence-electron chi connectivity index (χ1n) is 4.61. The molecule has 0 bridgehead atoms. The number of rotatable bonds is 1. The minimum Gasteiger partial charge on any atom is -0.0651 e. The van der Waals surface area contributed by atoms with E-state index in [1.807, 2.05) is 0 Å². The molecule has 0 amide bonds. The van der Waals surface area contributed by atoms with Crippen molar-refractivity contribution in [3.63, 3.8) is 0 Å². The zero-order valence-corrected chi connectivity index (χ0v) is 5.61. The van der Waals surface area contributed by atoms with Gasteiger partial charge in [0.2, 0.25) is 0 Å². The Kier molecular flexibility index (Phi) is 1.52. The molecule has 0 spiro atoms. The average molecular weight is 114 g/mol. The van der Waals surface area contributed by atoms with Gasteiger partial charge in [-0.1, -0.05) is 45.4 Å². The number of hydrogen-bond donors (Lipinski definition) is 0. The fourth-order valence-electron chi connectivity index (χ4n) is 1.39. The van der Waals surface area contributed by atoms with E-state index in [1.54, 1.807) is 6.92 Å². The predicted molar refractivity (Wildman–Crippen MR) is 36.9 cm³/mol. The lowest BCUT2D eigenvalue weighted by molar-refractivity contribution is 0.349. The Morgan fingerprint density at radius 3 is 2.38 bits per heavy atom. The Labute approximate surface area is 55.1 Å². The summed E-state index contributed by atoms with van der Waals surface area (Å²) in [7, 11) is 0. The Balaban J connectivity index is 2.39. The lowest BCUT2D eigenvalue weighted by Crippen LogP contribution is -2.03. The summed E-state index contributed by atoms with van der Waals surface area (Å²) in [5.74, 6) is 0.334. The zero-order chi connectivity index (χ0) is 7.61. The van der Waals surface area contributed by atoms with Gasteiger partial charge in [-0.15, -0.1) is 0 Å². The van der Waals surface area contributed by atoms with Gasteiger partial charge in [-0.2, -0.15) is 0 Å². The third-order valence-electron chi connectivity index (χ3n) is 2.01. The highest BCUT2D eigenvalue weighted by Crippen LogP contribution is 2.25. The molecule has 1 fully saturated rings. The molecule has 0 aliphatic heterocycles. The van der Waals surface area contributed by atoms with Crippen molar-refractivity contribution >= 4 is 0 Å². The molecule has 1 rings (SSSR count). The predicted octanol–water partition coefficient (Wildman–Crippen LogP) is 2.98. The highest BCUT2D eigenvalue weighted by atomic mass is 14.2. The third kappa shape index (κ3) is 1.50. The van der Waals surface area contributed by atoms with Crippen molar-refractivity contribution in [2.45, 2.75) is 45.4 Å². The van der Waals surface area contributed by atoms with Crippen LogP contribution in [-0.2, 0) is 0 Å². The van der Waals surface area contributed by atoms with Crippen molar-refractivity contribution in [2.24, 2.45) is 5.92 Å². The normalized spacial score (nSPS) is 29.1. The maximum absolute atomic E-state index is 7.49. The fraction of sp³-hybridized carbons (Fsp3) is 1.00. The van der Waals surface area contributed by atoms with Crippen LogP contribution in [0.15, 0.2) is 0 Å². The quantitative estimate of drug-likeness (QED) is 0.491. The first-order chi connectivity index (χ1) is 4.61. The van der Waals surface area contributed by atoms with E-state index in [1.165, 1.54) is 19.3 Å². The molecule has 0 aromatic rings. The molecule has 0 heterocycles. The molecule has 0 aromatic heterocycles. The highest BCUT2D eigenvalue weighted by Gasteiger charge is 2.09. The van der Waals surface area contributed by atoms with Gasteiger partial charge in [0.1, 0.15) is 0 Å². The van der Waals surface area contributed by atoms with Gasteiger partial charge in [-0.3, -0.25) is 0 Å². The zero-order valence-electron chi connectivity index (χ0n) is 7.61. The molecule has 8 heavy (non-hydrogen) atoms. The second-order valence-electron chi connectivity index (χ2n) is 2.62. The van der Waals surface area contributed by atoms with Gasteiger partial charge in [0.25, 0.3) is 0 Å². The summed E-state index contributed by atoms with van der Waals surface area (Å²) in [5.41, 5.74) is 0. The van der Waals surface area contributed by atoms with Crippen LogP contribution >= 0.6 is 0 Å². The maximum atomic E-state index is 7.49. The molecule has 1 aliphatic carbocycles. The first kappa shape index (κ1) is 3.92. The van der Waals surface area contributed by atoms with Crippen LogP contribution in [-0.4, -0.2) is 0 Å². The smallest absolute Gasteiger partial charge is 0.0267 e. The van der Waals surface area contributed by atoms with E-state index < -0.39 is 6.37 Å². The molecule has 0 radical (unpaired) electrons. The van der Waals surface area contributed by atoms with E-state index in [4.69, 9.17) is 2.74 Å². The van der Waals surface area contributed by atoms with Gasteiger partial charge in [-0.25, -0.2) is 0 Å². The van der Waals surface area contributed by atoms with E-state index in [0.717, 1.165) is 12.8 Å². The SMILES string of the molecule is [2H]C([2H])(C)C1CCCCC1. The van der Waals surface area contributed by atoms with Gasteiger partial charge in [-0.05, 0) is 5.92 Å². The maximum Gasteiger partial charge on any atom is 0.0267 e. The lowest BCUT2D eigenvalue weighted by atomic mass is 9.88. The Morgan fingerprint density at radius 2 is 2.00 bits per heavy atom. The molecule has 0 atom stereocenters. The molecular weight excluding hydrogens is 96.1 g/mol. The molecule has 0 heteroatoms. The summed E-state index contributed by atoms with van der Waals surface area (Å²) in [6.07, 6.45) is 5.05. The summed E-state index contributed by atoms with van der Waals surface area (Å²) in [6, 6.07) is 0. The van der Waals surface area contributed by atoms with Crippen LogP contribution in [0.3, 0.4) is 0 Å². The van der Waals surface area contributed by atoms with E-state index >= 15 is 0 Å². The number of hydrogen-bond acceptors (Lipinski definition) is 0. The summed E-state index contributed by atoms with van der Waals surface area (Å²) in [4.78, 5) is 0. The van der Waals surface area contributed by atoms with Crippen LogP contribution in [0, 0.1) is 5.92 Å². The molecule has 0 N–H and O–H groups in total. The molecule has 1 aliphatic rings. The summed E-state index contributed by atoms with van der Waals surface area (Å²) in [5, 5.41) is 0. The van der Waals surface area contributed by atoms with Gasteiger partial charge >= 0.3 is 0 Å². The third-order valence-corrected chi connectivity index (χ3v) is 2.01. The molecule has 0 aromatic carbocycles. The molecule has 0 saturated heterocycles. The van der Waals surface area contributed by atoms with Crippen molar-refractivity contribution in [3.8, 4) is 0 Å². The molecule has 1 saturated carbocycles. The Morgan fingerprint density at radius 1 is 1.38 bits per heavy atom. The molecule has 0 unspecified atom stereocenters. The fourth-order valence-corrected chi connectivity index (χ4v) is 1.39. The van der Waals surface area contributed by atoms with Gasteiger partial charge in [0.05, 0.1) is 0 Å². The molecule has 0 nitrogen and oxygen atoms in total. The minimum absolute atomic E-state index is 0.334. The van der Waals surface area contributed by atoms with Crippen molar-refractivity contribution < 1.29 is 2.74 Å². The first-order valence-corrected chi connectivity index (χ1v) is 3.61. The van der Waals surface area contributed by atoms with Crippen LogP contribution in [0.1, 0.15) is 48.1 Å². The van der Waals surface area contributed by atoms with E-state index in [-0.39, 0.29) is 0 Å². The van der Waals surface area contributed by atoms with E-state index in [9.17, 15) is 0 Å². The highest BCUT2D eigenvalue weighted by molar-refractivity contribution is 4.63. The average Bonchev–Trinajstić information content (AvgIpc) is 1.88. The van der Waals surface area contributed by atoms with Crippen LogP contribution in [0.2, 0.25) is 0 Å². The standard InChI is InChI=1S/C8H16/c1-2-8-6-4-3-5-7-8/h8H,2-7H2,1H3/i2D2. The van der Waals surface area contributed by atoms with Crippen LogP contribution < -0.4 is 0 Å². The minimum atomic E-state index is -0.930. The van der Waals surface area contributed by atoms with Crippen LogP contribution in [0.4, 0.5) is 0 Å². The van der Waals surface area contributed by atoms with E-state index in [2.05, 4.69) is 0 Å². The second kappa shape index (κ2) is 3.11. The van der Waals surface area contributed by atoms with Crippen LogP contribution in [0.5, 0.6) is 0 Å². The summed E-state index contributed by atoms with van der Waals surface area (Å²) in [6.45, 7) is 1.71. The van der Waals surface area contributed by atoms with Gasteiger partial charge in [0.15, 0.2) is 0 Å². The van der Waals surface area contributed by atoms with Crippen molar-refractivity contribution in [1.82, 2.24) is 0 Å². The Bertz CT molecular complexity index is 98.3. The Hall–Kier alpha value is 0. The van der Waals surface area contributed by atoms with Gasteiger partial charge in [0, 0.05) is 2.74 Å². The molecular formula is C8H16. The van der Waals surface area contributed by atoms with E-state index in [0.29, 0.717) is 5.92 Å². The lowest BCUT2D eigenvalue weighted by Gasteiger charge is -2.18. The largest absolute Gasteiger partial charge is 0.0651 e. The van der Waals surface area contributed by atoms with Crippen molar-refractivity contribution in [1.29, 1.82) is 0 Å². The van der Waals surface area contributed by atoms with Crippen LogP contribution in [0.25, 0.3) is 0 Å². The summed E-state index contributed by atoms with van der Waals surface area (Å²) < 4.78 is 15.0. The van der Waals surface area contributed by atoms with Crippen molar-refractivity contribution in [3.05, 3.63) is 0 Å². The topological polar surface area (TPSA) is 0 Å². The monoisotopic (exact) mass is 114 g/mol. The summed E-state index contributed by atoms with van der Waals surface area (Å²) >= 11 is 0. The van der Waals surface area contributed by atoms with Crippen molar-refractivity contribution in [2.75, 3.05) is 0 Å². The van der Waals surface area contributed by atoms with Gasteiger partial charge < -0.3 is 0 Å².